The van der Waals surface area contributed by atoms with Gasteiger partial charge in [0.15, 0.2) is 0 Å². The summed E-state index contributed by atoms with van der Waals surface area (Å²) in [6.45, 7) is 2.70. The van der Waals surface area contributed by atoms with Gasteiger partial charge in [-0.1, -0.05) is 0 Å². The summed E-state index contributed by atoms with van der Waals surface area (Å²) in [4.78, 5) is 15.6. The van der Waals surface area contributed by atoms with Gasteiger partial charge in [-0.2, -0.15) is 0 Å². The predicted molar refractivity (Wildman–Crippen MR) is 73.9 cm³/mol. The summed E-state index contributed by atoms with van der Waals surface area (Å²) in [6, 6.07) is 5.04. The number of nitrogens with zero attached hydrogens (tertiary/aromatic N) is 1. The molecule has 0 aliphatic carbocycles. The average molecular weight is 270 g/mol. The van der Waals surface area contributed by atoms with Crippen molar-refractivity contribution in [2.45, 2.75) is 6.92 Å². The van der Waals surface area contributed by atoms with Gasteiger partial charge in [0.2, 0.25) is 0 Å². The molecule has 0 aliphatic rings. The van der Waals surface area contributed by atoms with E-state index in [0.29, 0.717) is 11.3 Å². The molecule has 0 heterocycles. The molecular weight excluding hydrogens is 254 g/mol. The van der Waals surface area contributed by atoms with E-state index in [4.69, 9.17) is 17.3 Å². The van der Waals surface area contributed by atoms with Gasteiger partial charge in [0.25, 0.3) is 0 Å². The molecule has 1 aromatic rings. The summed E-state index contributed by atoms with van der Waals surface area (Å²) in [7, 11) is 1.33. The topological polar surface area (TPSA) is 76.7 Å². The molecule has 0 atom stereocenters. The molecule has 0 unspecified atom stereocenters. The molecule has 0 amide bonds. The predicted octanol–water partition coefficient (Wildman–Crippen LogP) is 2.13. The molecule has 6 heteroatoms. The number of carbonyl (C=O) groups excluding carboxylic acids is 1. The molecule has 0 radical (unpaired) electrons. The Labute approximate surface area is 111 Å². The fraction of sp³-hybridized carbons (Fsp3) is 0.333. The molecule has 0 saturated carbocycles. The summed E-state index contributed by atoms with van der Waals surface area (Å²) >= 11 is 5.59. The molecule has 0 spiro atoms. The lowest BCUT2D eigenvalue weighted by molar-refractivity contribution is 0.0601. The van der Waals surface area contributed by atoms with E-state index < -0.39 is 5.97 Å². The molecule has 5 nitrogen and oxygen atoms in total. The smallest absolute Gasteiger partial charge is 0.337 e. The van der Waals surface area contributed by atoms with E-state index >= 15 is 0 Å². The number of benzene rings is 1. The van der Waals surface area contributed by atoms with Crippen LogP contribution < -0.4 is 11.1 Å². The Morgan fingerprint density at radius 3 is 2.83 bits per heavy atom. The lowest BCUT2D eigenvalue weighted by Crippen LogP contribution is -2.12. The first-order valence-electron chi connectivity index (χ1n) is 5.47. The van der Waals surface area contributed by atoms with Crippen molar-refractivity contribution < 1.29 is 9.53 Å². The third-order valence-electron chi connectivity index (χ3n) is 2.19. The Balaban J connectivity index is 3.19. The zero-order chi connectivity index (χ0) is 13.5. The van der Waals surface area contributed by atoms with Crippen LogP contribution in [-0.2, 0) is 4.74 Å². The number of hydrogen-bond acceptors (Lipinski definition) is 4. The van der Waals surface area contributed by atoms with Crippen LogP contribution >= 0.6 is 11.6 Å². The van der Waals surface area contributed by atoms with Gasteiger partial charge in [-0.05, 0) is 25.1 Å². The number of amidine groups is 1. The van der Waals surface area contributed by atoms with E-state index in [1.807, 2.05) is 6.92 Å². The van der Waals surface area contributed by atoms with E-state index in [1.165, 1.54) is 7.11 Å². The highest BCUT2D eigenvalue weighted by molar-refractivity contribution is 6.28. The van der Waals surface area contributed by atoms with Gasteiger partial charge in [-0.25, -0.2) is 9.79 Å². The third-order valence-corrected chi connectivity index (χ3v) is 2.46. The Morgan fingerprint density at radius 2 is 2.28 bits per heavy atom. The van der Waals surface area contributed by atoms with Crippen molar-refractivity contribution in [3.8, 4) is 0 Å². The number of ether oxygens (including phenoxy) is 1. The minimum Gasteiger partial charge on any atom is -0.465 e. The summed E-state index contributed by atoms with van der Waals surface area (Å²) in [5.41, 5.74) is 7.38. The summed E-state index contributed by atoms with van der Waals surface area (Å²) in [6.07, 6.45) is 0. The quantitative estimate of drug-likeness (QED) is 0.372. The summed E-state index contributed by atoms with van der Waals surface area (Å²) in [5, 5.41) is 3.13. The van der Waals surface area contributed by atoms with Crippen molar-refractivity contribution in [3.05, 3.63) is 23.8 Å². The number of aliphatic imine (C=N–C) groups is 1. The van der Waals surface area contributed by atoms with Crippen molar-refractivity contribution in [3.63, 3.8) is 0 Å². The summed E-state index contributed by atoms with van der Waals surface area (Å²) in [5.74, 6) is 0.00497. The Morgan fingerprint density at radius 1 is 1.56 bits per heavy atom. The monoisotopic (exact) mass is 269 g/mol. The number of rotatable bonds is 5. The number of methoxy groups -OCH3 is 1. The number of esters is 1. The van der Waals surface area contributed by atoms with Crippen LogP contribution in [0.4, 0.5) is 11.4 Å². The first kappa shape index (κ1) is 14.3. The second kappa shape index (κ2) is 6.86. The second-order valence-electron chi connectivity index (χ2n) is 3.49. The highest BCUT2D eigenvalue weighted by Crippen LogP contribution is 2.26. The highest BCUT2D eigenvalue weighted by atomic mass is 35.5. The van der Waals surface area contributed by atoms with Gasteiger partial charge in [0.1, 0.15) is 5.84 Å². The van der Waals surface area contributed by atoms with E-state index in [0.717, 1.165) is 12.2 Å². The van der Waals surface area contributed by atoms with Crippen molar-refractivity contribution in [2.24, 2.45) is 10.7 Å². The Hall–Kier alpha value is -1.75. The zero-order valence-electron chi connectivity index (χ0n) is 10.4. The van der Waals surface area contributed by atoms with Crippen LogP contribution in [0.25, 0.3) is 0 Å². The SMILES string of the molecule is CCNc1ccc(C(=O)OC)cc1N=C(N)CCl. The van der Waals surface area contributed by atoms with Crippen molar-refractivity contribution in [1.82, 2.24) is 0 Å². The van der Waals surface area contributed by atoms with Crippen molar-refractivity contribution >= 4 is 34.8 Å². The molecule has 0 aliphatic heterocycles. The van der Waals surface area contributed by atoms with E-state index in [1.54, 1.807) is 18.2 Å². The molecule has 98 valence electrons. The van der Waals surface area contributed by atoms with Gasteiger partial charge >= 0.3 is 5.97 Å². The van der Waals surface area contributed by atoms with Crippen LogP contribution in [0.15, 0.2) is 23.2 Å². The fourth-order valence-corrected chi connectivity index (χ4v) is 1.45. The van der Waals surface area contributed by atoms with Gasteiger partial charge in [0, 0.05) is 6.54 Å². The van der Waals surface area contributed by atoms with Crippen LogP contribution in [0.3, 0.4) is 0 Å². The molecule has 1 rings (SSSR count). The fourth-order valence-electron chi connectivity index (χ4n) is 1.39. The number of anilines is 1. The number of nitrogens with one attached hydrogen (secondary N) is 1. The minimum absolute atomic E-state index is 0.133. The van der Waals surface area contributed by atoms with Crippen LogP contribution in [0, 0.1) is 0 Å². The zero-order valence-corrected chi connectivity index (χ0v) is 11.1. The second-order valence-corrected chi connectivity index (χ2v) is 3.76. The number of hydrogen-bond donors (Lipinski definition) is 2. The first-order chi connectivity index (χ1) is 8.62. The molecule has 0 saturated heterocycles. The van der Waals surface area contributed by atoms with Crippen LogP contribution in [-0.4, -0.2) is 31.3 Å². The molecule has 18 heavy (non-hydrogen) atoms. The van der Waals surface area contributed by atoms with E-state index in [9.17, 15) is 4.79 Å². The molecular formula is C12H16ClN3O2. The molecule has 1 aromatic carbocycles. The lowest BCUT2D eigenvalue weighted by atomic mass is 10.1. The van der Waals surface area contributed by atoms with Gasteiger partial charge in [0.05, 0.1) is 29.9 Å². The molecule has 0 fully saturated rings. The van der Waals surface area contributed by atoms with Gasteiger partial charge in [-0.15, -0.1) is 11.6 Å². The van der Waals surface area contributed by atoms with Crippen molar-refractivity contribution in [1.29, 1.82) is 0 Å². The largest absolute Gasteiger partial charge is 0.465 e. The molecule has 0 aromatic heterocycles. The first-order valence-corrected chi connectivity index (χ1v) is 6.01. The molecule has 0 bridgehead atoms. The maximum atomic E-state index is 11.4. The standard InChI is InChI=1S/C12H16ClN3O2/c1-3-15-9-5-4-8(12(17)18-2)6-10(9)16-11(14)7-13/h4-6,15H,3,7H2,1-2H3,(H2,14,16). The van der Waals surface area contributed by atoms with Gasteiger partial charge < -0.3 is 15.8 Å². The van der Waals surface area contributed by atoms with Crippen LogP contribution in [0.2, 0.25) is 0 Å². The lowest BCUT2D eigenvalue weighted by Gasteiger charge is -2.09. The number of nitrogens with two attached hydrogens (primary N) is 1. The third kappa shape index (κ3) is 3.63. The number of alkyl halides is 1. The van der Waals surface area contributed by atoms with E-state index in [-0.39, 0.29) is 11.7 Å². The number of halogens is 1. The van der Waals surface area contributed by atoms with Gasteiger partial charge in [-0.3, -0.25) is 0 Å². The Bertz CT molecular complexity index is 461. The van der Waals surface area contributed by atoms with Crippen LogP contribution in [0.1, 0.15) is 17.3 Å². The maximum Gasteiger partial charge on any atom is 0.337 e. The normalized spacial score (nSPS) is 11.2. The molecule has 3 N–H and O–H groups in total. The maximum absolute atomic E-state index is 11.4. The average Bonchev–Trinajstić information content (AvgIpc) is 2.39. The van der Waals surface area contributed by atoms with Crippen LogP contribution in [0.5, 0.6) is 0 Å². The number of carbonyl (C=O) groups is 1. The minimum atomic E-state index is -0.418. The van der Waals surface area contributed by atoms with E-state index in [2.05, 4.69) is 15.0 Å². The Kier molecular flexibility index (Phi) is 5.45. The highest BCUT2D eigenvalue weighted by Gasteiger charge is 2.09. The summed E-state index contributed by atoms with van der Waals surface area (Å²) < 4.78 is 4.66. The van der Waals surface area contributed by atoms with Crippen molar-refractivity contribution in [2.75, 3.05) is 24.9 Å².